The maximum absolute atomic E-state index is 12.0. The van der Waals surface area contributed by atoms with Crippen molar-refractivity contribution in [3.05, 3.63) is 22.4 Å². The van der Waals surface area contributed by atoms with Crippen LogP contribution in [-0.4, -0.2) is 35.3 Å². The number of piperazine rings is 1. The number of carbonyl (C=O) groups is 2. The Morgan fingerprint density at radius 2 is 2.28 bits per heavy atom. The Morgan fingerprint density at radius 1 is 1.50 bits per heavy atom. The first kappa shape index (κ1) is 13.1. The molecule has 2 rings (SSSR count). The van der Waals surface area contributed by atoms with Crippen molar-refractivity contribution in [3.8, 4) is 0 Å². The van der Waals surface area contributed by atoms with E-state index in [9.17, 15) is 9.59 Å². The number of hydrogen-bond donors (Lipinski definition) is 1. The zero-order valence-corrected chi connectivity index (χ0v) is 11.5. The van der Waals surface area contributed by atoms with E-state index in [1.54, 1.807) is 16.2 Å². The molecule has 0 radical (unpaired) electrons. The van der Waals surface area contributed by atoms with Crippen molar-refractivity contribution in [2.24, 2.45) is 0 Å². The second-order valence-electron chi connectivity index (χ2n) is 4.74. The van der Waals surface area contributed by atoms with Gasteiger partial charge in [-0.2, -0.15) is 11.3 Å². The molecule has 0 spiro atoms. The van der Waals surface area contributed by atoms with E-state index < -0.39 is 5.54 Å². The first-order valence-corrected chi connectivity index (χ1v) is 7.12. The maximum Gasteiger partial charge on any atom is 0.246 e. The van der Waals surface area contributed by atoms with Crippen LogP contribution in [0.4, 0.5) is 0 Å². The van der Waals surface area contributed by atoms with Gasteiger partial charge in [0.2, 0.25) is 11.8 Å². The maximum atomic E-state index is 12.0. The van der Waals surface area contributed by atoms with Gasteiger partial charge in [-0.25, -0.2) is 0 Å². The van der Waals surface area contributed by atoms with Crippen LogP contribution in [0.2, 0.25) is 0 Å². The summed E-state index contributed by atoms with van der Waals surface area (Å²) in [6.07, 6.45) is 1.44. The predicted molar refractivity (Wildman–Crippen MR) is 71.4 cm³/mol. The third-order valence-corrected chi connectivity index (χ3v) is 4.41. The fourth-order valence-corrected chi connectivity index (χ4v) is 2.94. The molecule has 1 N–H and O–H groups in total. The van der Waals surface area contributed by atoms with Crippen LogP contribution in [0.25, 0.3) is 0 Å². The Hall–Kier alpha value is -1.36. The van der Waals surface area contributed by atoms with Crippen LogP contribution in [0.3, 0.4) is 0 Å². The topological polar surface area (TPSA) is 49.4 Å². The molecule has 0 aromatic carbocycles. The van der Waals surface area contributed by atoms with E-state index >= 15 is 0 Å². The highest BCUT2D eigenvalue weighted by molar-refractivity contribution is 7.07. The Kier molecular flexibility index (Phi) is 3.71. The molecule has 98 valence electrons. The van der Waals surface area contributed by atoms with Crippen LogP contribution in [0, 0.1) is 0 Å². The zero-order chi connectivity index (χ0) is 13.2. The number of amides is 2. The zero-order valence-electron chi connectivity index (χ0n) is 10.7. The van der Waals surface area contributed by atoms with Gasteiger partial charge in [0.25, 0.3) is 0 Å². The van der Waals surface area contributed by atoms with E-state index in [4.69, 9.17) is 0 Å². The fraction of sp³-hybridized carbons (Fsp3) is 0.538. The quantitative estimate of drug-likeness (QED) is 0.896. The Morgan fingerprint density at radius 3 is 2.89 bits per heavy atom. The van der Waals surface area contributed by atoms with Gasteiger partial charge in [0.15, 0.2) is 0 Å². The van der Waals surface area contributed by atoms with Crippen molar-refractivity contribution in [3.63, 3.8) is 0 Å². The monoisotopic (exact) mass is 266 g/mol. The molecule has 1 unspecified atom stereocenters. The van der Waals surface area contributed by atoms with E-state index in [0.717, 1.165) is 6.42 Å². The summed E-state index contributed by atoms with van der Waals surface area (Å²) in [5.41, 5.74) is 0.517. The minimum Gasteiger partial charge on any atom is -0.345 e. The highest BCUT2D eigenvalue weighted by atomic mass is 32.1. The average Bonchev–Trinajstić information content (AvgIpc) is 2.87. The van der Waals surface area contributed by atoms with E-state index in [0.29, 0.717) is 13.0 Å². The number of rotatable bonds is 4. The van der Waals surface area contributed by atoms with E-state index in [-0.39, 0.29) is 18.4 Å². The van der Waals surface area contributed by atoms with Crippen molar-refractivity contribution in [1.29, 1.82) is 0 Å². The molecule has 1 aromatic rings. The highest BCUT2D eigenvalue weighted by Crippen LogP contribution is 2.23. The van der Waals surface area contributed by atoms with E-state index in [1.165, 1.54) is 5.56 Å². The second kappa shape index (κ2) is 5.10. The lowest BCUT2D eigenvalue weighted by molar-refractivity contribution is -0.152. The molecule has 1 fully saturated rings. The van der Waals surface area contributed by atoms with Crippen LogP contribution in [0.1, 0.15) is 25.8 Å². The molecule has 1 aliphatic rings. The van der Waals surface area contributed by atoms with Gasteiger partial charge in [-0.3, -0.25) is 9.59 Å². The van der Waals surface area contributed by atoms with Gasteiger partial charge in [0.05, 0.1) is 6.54 Å². The molecule has 1 saturated heterocycles. The van der Waals surface area contributed by atoms with Gasteiger partial charge in [0.1, 0.15) is 5.54 Å². The summed E-state index contributed by atoms with van der Waals surface area (Å²) in [4.78, 5) is 25.7. The molecule has 4 nitrogen and oxygen atoms in total. The molecule has 0 bridgehead atoms. The third kappa shape index (κ3) is 2.27. The number of thiophene rings is 1. The summed E-state index contributed by atoms with van der Waals surface area (Å²) >= 11 is 1.65. The van der Waals surface area contributed by atoms with Crippen LogP contribution in [0.15, 0.2) is 16.8 Å². The number of nitrogens with zero attached hydrogens (tertiary/aromatic N) is 1. The Bertz CT molecular complexity index is 444. The largest absolute Gasteiger partial charge is 0.345 e. The van der Waals surface area contributed by atoms with Gasteiger partial charge >= 0.3 is 0 Å². The van der Waals surface area contributed by atoms with Crippen LogP contribution in [0.5, 0.6) is 0 Å². The normalized spacial score (nSPS) is 24.2. The molecule has 1 aliphatic heterocycles. The average molecular weight is 266 g/mol. The number of hydrogen-bond acceptors (Lipinski definition) is 3. The number of nitrogens with one attached hydrogen (secondary N) is 1. The summed E-state index contributed by atoms with van der Waals surface area (Å²) in [5, 5.41) is 6.78. The highest BCUT2D eigenvalue weighted by Gasteiger charge is 2.43. The summed E-state index contributed by atoms with van der Waals surface area (Å²) in [6, 6.07) is 2.06. The molecule has 18 heavy (non-hydrogen) atoms. The SMILES string of the molecule is CCC1(C)C(=O)NCC(=O)N1CCc1ccsc1. The smallest absolute Gasteiger partial charge is 0.246 e. The van der Waals surface area contributed by atoms with Crippen molar-refractivity contribution >= 4 is 23.2 Å². The molecule has 2 amide bonds. The van der Waals surface area contributed by atoms with E-state index in [2.05, 4.69) is 16.8 Å². The fourth-order valence-electron chi connectivity index (χ4n) is 2.24. The molecule has 1 atom stereocenters. The minimum atomic E-state index is -0.703. The van der Waals surface area contributed by atoms with Gasteiger partial charge in [-0.15, -0.1) is 0 Å². The first-order chi connectivity index (χ1) is 8.58. The summed E-state index contributed by atoms with van der Waals surface area (Å²) in [6.45, 7) is 4.51. The lowest BCUT2D eigenvalue weighted by Crippen LogP contribution is -2.65. The summed E-state index contributed by atoms with van der Waals surface area (Å²) in [7, 11) is 0. The molecule has 5 heteroatoms. The summed E-state index contributed by atoms with van der Waals surface area (Å²) < 4.78 is 0. The molecular formula is C13H18N2O2S. The first-order valence-electron chi connectivity index (χ1n) is 6.18. The molecule has 0 aliphatic carbocycles. The Balaban J connectivity index is 2.11. The molecule has 2 heterocycles. The lowest BCUT2D eigenvalue weighted by atomic mass is 9.92. The molecule has 0 saturated carbocycles. The number of carbonyl (C=O) groups excluding carboxylic acids is 2. The van der Waals surface area contributed by atoms with Gasteiger partial charge < -0.3 is 10.2 Å². The van der Waals surface area contributed by atoms with Crippen molar-refractivity contribution in [1.82, 2.24) is 10.2 Å². The molecule has 1 aromatic heterocycles. The lowest BCUT2D eigenvalue weighted by Gasteiger charge is -2.43. The van der Waals surface area contributed by atoms with Crippen molar-refractivity contribution < 1.29 is 9.59 Å². The van der Waals surface area contributed by atoms with Gasteiger partial charge in [-0.05, 0) is 42.2 Å². The van der Waals surface area contributed by atoms with Gasteiger partial charge in [-0.1, -0.05) is 6.92 Å². The van der Waals surface area contributed by atoms with Crippen molar-refractivity contribution in [2.45, 2.75) is 32.2 Å². The van der Waals surface area contributed by atoms with Gasteiger partial charge in [0, 0.05) is 6.54 Å². The van der Waals surface area contributed by atoms with E-state index in [1.807, 2.05) is 19.2 Å². The van der Waals surface area contributed by atoms with Crippen LogP contribution in [-0.2, 0) is 16.0 Å². The van der Waals surface area contributed by atoms with Crippen LogP contribution < -0.4 is 5.32 Å². The second-order valence-corrected chi connectivity index (χ2v) is 5.52. The standard InChI is InChI=1S/C13H18N2O2S/c1-3-13(2)12(17)14-8-11(16)15(13)6-4-10-5-7-18-9-10/h5,7,9H,3-4,6,8H2,1-2H3,(H,14,17). The van der Waals surface area contributed by atoms with Crippen molar-refractivity contribution in [2.75, 3.05) is 13.1 Å². The molecular weight excluding hydrogens is 248 g/mol. The third-order valence-electron chi connectivity index (χ3n) is 3.68. The predicted octanol–water partition coefficient (Wildman–Crippen LogP) is 1.42. The summed E-state index contributed by atoms with van der Waals surface area (Å²) in [5.74, 6) is -0.0379. The Labute approximate surface area is 111 Å². The minimum absolute atomic E-state index is 0.00850. The van der Waals surface area contributed by atoms with Crippen LogP contribution >= 0.6 is 11.3 Å².